The van der Waals surface area contributed by atoms with Crippen LogP contribution in [0.25, 0.3) is 55.3 Å². The lowest BCUT2D eigenvalue weighted by Gasteiger charge is -2.27. The van der Waals surface area contributed by atoms with Crippen molar-refractivity contribution in [3.8, 4) is 44.5 Å². The second-order valence-corrected chi connectivity index (χ2v) is 12.3. The monoisotopic (exact) mass is 592 g/mol. The third-order valence-corrected chi connectivity index (χ3v) is 9.22. The molecule has 2 heterocycles. The molecule has 1 aromatic heterocycles. The minimum atomic E-state index is -0.693. The molecule has 0 fully saturated rings. The number of nitrogens with zero attached hydrogens (tertiary/aromatic N) is 2. The lowest BCUT2D eigenvalue weighted by Crippen LogP contribution is -2.33. The number of carbonyl (C=O) groups excluding carboxylic acids is 1. The largest absolute Gasteiger partial charge is 0.273 e. The van der Waals surface area contributed by atoms with Gasteiger partial charge < -0.3 is 0 Å². The summed E-state index contributed by atoms with van der Waals surface area (Å²) in [7, 11) is 0. The van der Waals surface area contributed by atoms with Crippen molar-refractivity contribution in [1.82, 2.24) is 4.98 Å². The molecule has 0 N–H and O–H groups in total. The highest BCUT2D eigenvalue weighted by molar-refractivity contribution is 6.24. The van der Waals surface area contributed by atoms with Crippen LogP contribution in [0.5, 0.6) is 0 Å². The van der Waals surface area contributed by atoms with Gasteiger partial charge in [-0.3, -0.25) is 9.69 Å². The van der Waals surface area contributed by atoms with Gasteiger partial charge in [0.1, 0.15) is 5.82 Å². The molecule has 0 saturated carbocycles. The lowest BCUT2D eigenvalue weighted by molar-refractivity contribution is -0.121. The number of fused-ring (bicyclic) bond motifs is 2. The maximum atomic E-state index is 14.5. The molecular formula is C43H32N2O. The molecule has 0 aliphatic carbocycles. The van der Waals surface area contributed by atoms with E-state index in [1.807, 2.05) is 49.2 Å². The maximum Gasteiger partial charge on any atom is 0.242 e. The van der Waals surface area contributed by atoms with Gasteiger partial charge in [-0.1, -0.05) is 140 Å². The molecule has 46 heavy (non-hydrogen) atoms. The summed E-state index contributed by atoms with van der Waals surface area (Å²) in [5, 5.41) is 2.00. The summed E-state index contributed by atoms with van der Waals surface area (Å²) in [5.74, 6) is 0.663. The van der Waals surface area contributed by atoms with E-state index in [1.54, 1.807) is 0 Å². The third-order valence-electron chi connectivity index (χ3n) is 9.22. The Balaban J connectivity index is 1.63. The summed E-state index contributed by atoms with van der Waals surface area (Å²) in [5.41, 5.74) is 10.0. The highest BCUT2D eigenvalue weighted by Gasteiger charge is 2.45. The number of hydrogen-bond donors (Lipinski definition) is 0. The molecule has 0 spiro atoms. The third kappa shape index (κ3) is 4.28. The van der Waals surface area contributed by atoms with Gasteiger partial charge in [-0.15, -0.1) is 0 Å². The van der Waals surface area contributed by atoms with Crippen LogP contribution in [0.1, 0.15) is 19.4 Å². The van der Waals surface area contributed by atoms with Gasteiger partial charge in [0.15, 0.2) is 0 Å². The number of rotatable bonds is 5. The van der Waals surface area contributed by atoms with Gasteiger partial charge in [0, 0.05) is 17.1 Å². The zero-order chi connectivity index (χ0) is 31.3. The van der Waals surface area contributed by atoms with Crippen LogP contribution in [0.15, 0.2) is 158 Å². The number of benzene rings is 6. The predicted octanol–water partition coefficient (Wildman–Crippen LogP) is 10.9. The quantitative estimate of drug-likeness (QED) is 0.199. The Morgan fingerprint density at radius 1 is 0.500 bits per heavy atom. The first-order chi connectivity index (χ1) is 22.6. The molecule has 7 aromatic rings. The van der Waals surface area contributed by atoms with Crippen LogP contribution < -0.4 is 4.90 Å². The Labute approximate surface area is 269 Å². The van der Waals surface area contributed by atoms with E-state index in [1.165, 1.54) is 0 Å². The minimum Gasteiger partial charge on any atom is -0.273 e. The van der Waals surface area contributed by atoms with Crippen molar-refractivity contribution < 1.29 is 4.79 Å². The van der Waals surface area contributed by atoms with Crippen molar-refractivity contribution in [3.63, 3.8) is 0 Å². The smallest absolute Gasteiger partial charge is 0.242 e. The van der Waals surface area contributed by atoms with Gasteiger partial charge in [0.05, 0.1) is 11.1 Å². The molecule has 6 aromatic carbocycles. The van der Waals surface area contributed by atoms with Crippen LogP contribution in [-0.2, 0) is 10.2 Å². The molecular weight excluding hydrogens is 560 g/mol. The van der Waals surface area contributed by atoms with Crippen LogP contribution in [0.2, 0.25) is 0 Å². The van der Waals surface area contributed by atoms with E-state index in [9.17, 15) is 4.79 Å². The molecule has 0 bridgehead atoms. The Bertz CT molecular complexity index is 2230. The highest BCUT2D eigenvalue weighted by Crippen LogP contribution is 2.54. The molecule has 0 unspecified atom stereocenters. The molecule has 0 radical (unpaired) electrons. The number of anilines is 2. The average molecular weight is 593 g/mol. The van der Waals surface area contributed by atoms with E-state index < -0.39 is 5.41 Å². The molecule has 0 saturated heterocycles. The van der Waals surface area contributed by atoms with Gasteiger partial charge in [0.25, 0.3) is 0 Å². The molecule has 1 aliphatic heterocycles. The first-order valence-electron chi connectivity index (χ1n) is 15.7. The normalized spacial score (nSPS) is 13.6. The Kier molecular flexibility index (Phi) is 6.61. The van der Waals surface area contributed by atoms with Crippen LogP contribution >= 0.6 is 0 Å². The topological polar surface area (TPSA) is 33.2 Å². The predicted molar refractivity (Wildman–Crippen MR) is 190 cm³/mol. The first-order valence-corrected chi connectivity index (χ1v) is 15.7. The van der Waals surface area contributed by atoms with Gasteiger partial charge in [-0.05, 0) is 75.9 Å². The average Bonchev–Trinajstić information content (AvgIpc) is 3.32. The molecule has 8 rings (SSSR count). The highest BCUT2D eigenvalue weighted by atomic mass is 16.2. The SMILES string of the molecule is CC1(C)C(=O)N(c2nccc3c(-c4ccccc4)c(-c4ccccc4)c(-c4ccccc4)c(-c4ccccc4)c23)c2ccccc21. The second kappa shape index (κ2) is 11.0. The summed E-state index contributed by atoms with van der Waals surface area (Å²) < 4.78 is 0. The van der Waals surface area contributed by atoms with Gasteiger partial charge in [0.2, 0.25) is 5.91 Å². The number of carbonyl (C=O) groups is 1. The van der Waals surface area contributed by atoms with Crippen LogP contribution in [0, 0.1) is 0 Å². The summed E-state index contributed by atoms with van der Waals surface area (Å²) in [6.45, 7) is 4.02. The fourth-order valence-corrected chi connectivity index (χ4v) is 7.08. The number of para-hydroxylation sites is 1. The molecule has 220 valence electrons. The van der Waals surface area contributed by atoms with E-state index in [-0.39, 0.29) is 5.91 Å². The van der Waals surface area contributed by atoms with E-state index >= 15 is 0 Å². The van der Waals surface area contributed by atoms with E-state index in [2.05, 4.69) is 127 Å². The second-order valence-electron chi connectivity index (χ2n) is 12.3. The standard InChI is InChI=1S/C43H32N2O/c1-43(2)34-25-15-16-26-35(34)45(42(43)46)41-40-33(27-28-44-41)36(29-17-7-3-8-18-29)37(30-19-9-4-10-20-30)38(31-21-11-5-12-22-31)39(40)32-23-13-6-14-24-32/h3-28H,1-2H3. The van der Waals surface area contributed by atoms with Crippen molar-refractivity contribution in [1.29, 1.82) is 0 Å². The van der Waals surface area contributed by atoms with E-state index in [0.717, 1.165) is 66.5 Å². The summed E-state index contributed by atoms with van der Waals surface area (Å²) >= 11 is 0. The van der Waals surface area contributed by atoms with Crippen molar-refractivity contribution in [2.45, 2.75) is 19.3 Å². The zero-order valence-electron chi connectivity index (χ0n) is 25.8. The van der Waals surface area contributed by atoms with Crippen molar-refractivity contribution in [2.24, 2.45) is 0 Å². The van der Waals surface area contributed by atoms with Crippen LogP contribution in [0.4, 0.5) is 11.5 Å². The van der Waals surface area contributed by atoms with Gasteiger partial charge in [-0.25, -0.2) is 4.98 Å². The maximum absolute atomic E-state index is 14.5. The Morgan fingerprint density at radius 3 is 1.48 bits per heavy atom. The Hall–Kier alpha value is -5.80. The van der Waals surface area contributed by atoms with Crippen molar-refractivity contribution in [3.05, 3.63) is 163 Å². The lowest BCUT2D eigenvalue weighted by atomic mass is 9.79. The number of pyridine rings is 1. The molecule has 3 heteroatoms. The van der Waals surface area contributed by atoms with Crippen LogP contribution in [-0.4, -0.2) is 10.9 Å². The minimum absolute atomic E-state index is 0.0161. The van der Waals surface area contributed by atoms with Crippen molar-refractivity contribution in [2.75, 3.05) is 4.90 Å². The van der Waals surface area contributed by atoms with E-state index in [0.29, 0.717) is 5.82 Å². The molecule has 1 amide bonds. The number of hydrogen-bond acceptors (Lipinski definition) is 2. The summed E-state index contributed by atoms with van der Waals surface area (Å²) in [6.07, 6.45) is 1.86. The Morgan fingerprint density at radius 2 is 0.935 bits per heavy atom. The van der Waals surface area contributed by atoms with Crippen LogP contribution in [0.3, 0.4) is 0 Å². The zero-order valence-corrected chi connectivity index (χ0v) is 25.8. The van der Waals surface area contributed by atoms with Gasteiger partial charge >= 0.3 is 0 Å². The molecule has 1 aliphatic rings. The molecule has 3 nitrogen and oxygen atoms in total. The van der Waals surface area contributed by atoms with Gasteiger partial charge in [-0.2, -0.15) is 0 Å². The number of amides is 1. The van der Waals surface area contributed by atoms with Crippen molar-refractivity contribution >= 4 is 28.2 Å². The summed E-state index contributed by atoms with van der Waals surface area (Å²) in [6, 6.07) is 52.6. The first kappa shape index (κ1) is 27.7. The van der Waals surface area contributed by atoms with E-state index in [4.69, 9.17) is 4.98 Å². The fraction of sp³-hybridized carbons (Fsp3) is 0.0698. The fourth-order valence-electron chi connectivity index (χ4n) is 7.08. The number of aromatic nitrogens is 1. The summed E-state index contributed by atoms with van der Waals surface area (Å²) in [4.78, 5) is 21.4. The molecule has 0 atom stereocenters.